The highest BCUT2D eigenvalue weighted by Crippen LogP contribution is 2.32. The van der Waals surface area contributed by atoms with Gasteiger partial charge in [-0.25, -0.2) is 4.79 Å². The molecule has 0 saturated heterocycles. The summed E-state index contributed by atoms with van der Waals surface area (Å²) in [5, 5.41) is 0. The Balaban J connectivity index is 2.28. The number of ether oxygens (including phenoxy) is 2. The SMILES string of the molecule is COC(=O)c1cccc(N)c1OC1CCC1. The molecule has 1 aliphatic carbocycles. The Bertz CT molecular complexity index is 399. The molecule has 0 amide bonds. The first-order valence-electron chi connectivity index (χ1n) is 5.36. The number of methoxy groups -OCH3 is 1. The van der Waals surface area contributed by atoms with Gasteiger partial charge >= 0.3 is 5.97 Å². The zero-order valence-electron chi connectivity index (χ0n) is 9.23. The molecule has 2 N–H and O–H groups in total. The van der Waals surface area contributed by atoms with Crippen LogP contribution in [0, 0.1) is 0 Å². The van der Waals surface area contributed by atoms with Crippen molar-refractivity contribution >= 4 is 11.7 Å². The molecular weight excluding hydrogens is 206 g/mol. The topological polar surface area (TPSA) is 61.5 Å². The molecule has 4 heteroatoms. The second-order valence-corrected chi connectivity index (χ2v) is 3.89. The minimum absolute atomic E-state index is 0.188. The Morgan fingerprint density at radius 3 is 2.75 bits per heavy atom. The van der Waals surface area contributed by atoms with Crippen molar-refractivity contribution < 1.29 is 14.3 Å². The van der Waals surface area contributed by atoms with Crippen LogP contribution in [0.4, 0.5) is 5.69 Å². The van der Waals surface area contributed by atoms with Crippen LogP contribution in [0.2, 0.25) is 0 Å². The lowest BCUT2D eigenvalue weighted by Crippen LogP contribution is -2.26. The normalized spacial score (nSPS) is 15.3. The predicted octanol–water partition coefficient (Wildman–Crippen LogP) is 1.99. The summed E-state index contributed by atoms with van der Waals surface area (Å²) in [4.78, 5) is 11.5. The van der Waals surface area contributed by atoms with Crippen LogP contribution in [-0.4, -0.2) is 19.2 Å². The van der Waals surface area contributed by atoms with Crippen molar-refractivity contribution in [3.8, 4) is 5.75 Å². The summed E-state index contributed by atoms with van der Waals surface area (Å²) in [7, 11) is 1.35. The Morgan fingerprint density at radius 2 is 2.19 bits per heavy atom. The molecule has 1 aromatic rings. The fourth-order valence-electron chi connectivity index (χ4n) is 1.61. The van der Waals surface area contributed by atoms with Gasteiger partial charge in [0.1, 0.15) is 5.56 Å². The van der Waals surface area contributed by atoms with E-state index >= 15 is 0 Å². The molecule has 0 atom stereocenters. The molecule has 0 bridgehead atoms. The van der Waals surface area contributed by atoms with Gasteiger partial charge in [0.15, 0.2) is 5.75 Å². The molecule has 0 radical (unpaired) electrons. The molecule has 0 aromatic heterocycles. The molecule has 2 rings (SSSR count). The Morgan fingerprint density at radius 1 is 1.44 bits per heavy atom. The highest BCUT2D eigenvalue weighted by molar-refractivity contribution is 5.94. The summed E-state index contributed by atoms with van der Waals surface area (Å²) >= 11 is 0. The van der Waals surface area contributed by atoms with Gasteiger partial charge in [-0.05, 0) is 31.4 Å². The van der Waals surface area contributed by atoms with E-state index in [-0.39, 0.29) is 6.10 Å². The molecule has 0 unspecified atom stereocenters. The smallest absolute Gasteiger partial charge is 0.341 e. The van der Waals surface area contributed by atoms with Crippen molar-refractivity contribution in [2.45, 2.75) is 25.4 Å². The van der Waals surface area contributed by atoms with E-state index in [0.29, 0.717) is 17.0 Å². The molecule has 1 aliphatic rings. The van der Waals surface area contributed by atoms with Gasteiger partial charge in [0.05, 0.1) is 18.9 Å². The lowest BCUT2D eigenvalue weighted by Gasteiger charge is -2.27. The summed E-state index contributed by atoms with van der Waals surface area (Å²) in [5.74, 6) is 0.0423. The minimum atomic E-state index is -0.415. The van der Waals surface area contributed by atoms with E-state index in [9.17, 15) is 4.79 Å². The molecular formula is C12H15NO3. The fraction of sp³-hybridized carbons (Fsp3) is 0.417. The minimum Gasteiger partial charge on any atom is -0.487 e. The maximum Gasteiger partial charge on any atom is 0.341 e. The van der Waals surface area contributed by atoms with Crippen LogP contribution in [-0.2, 0) is 4.74 Å². The number of benzene rings is 1. The van der Waals surface area contributed by atoms with Crippen LogP contribution in [0.1, 0.15) is 29.6 Å². The lowest BCUT2D eigenvalue weighted by molar-refractivity contribution is 0.0586. The van der Waals surface area contributed by atoms with Crippen molar-refractivity contribution in [3.63, 3.8) is 0 Å². The maximum atomic E-state index is 11.5. The summed E-state index contributed by atoms with van der Waals surface area (Å²) in [6.07, 6.45) is 3.41. The summed E-state index contributed by atoms with van der Waals surface area (Å²) < 4.78 is 10.4. The van der Waals surface area contributed by atoms with Crippen molar-refractivity contribution in [1.82, 2.24) is 0 Å². The van der Waals surface area contributed by atoms with Crippen LogP contribution >= 0.6 is 0 Å². The van der Waals surface area contributed by atoms with Crippen LogP contribution in [0.3, 0.4) is 0 Å². The Hall–Kier alpha value is -1.71. The molecule has 1 aromatic carbocycles. The lowest BCUT2D eigenvalue weighted by atomic mass is 9.96. The monoisotopic (exact) mass is 221 g/mol. The molecule has 1 saturated carbocycles. The third-order valence-electron chi connectivity index (χ3n) is 2.79. The van der Waals surface area contributed by atoms with Gasteiger partial charge in [-0.15, -0.1) is 0 Å². The number of carbonyl (C=O) groups is 1. The second kappa shape index (κ2) is 4.43. The zero-order chi connectivity index (χ0) is 11.5. The number of rotatable bonds is 3. The van der Waals surface area contributed by atoms with E-state index in [4.69, 9.17) is 15.2 Å². The number of hydrogen-bond acceptors (Lipinski definition) is 4. The van der Waals surface area contributed by atoms with Crippen LogP contribution < -0.4 is 10.5 Å². The summed E-state index contributed by atoms with van der Waals surface area (Å²) in [6.45, 7) is 0. The molecule has 0 aliphatic heterocycles. The quantitative estimate of drug-likeness (QED) is 0.626. The Kier molecular flexibility index (Phi) is 2.99. The van der Waals surface area contributed by atoms with Crippen LogP contribution in [0.5, 0.6) is 5.75 Å². The average molecular weight is 221 g/mol. The van der Waals surface area contributed by atoms with Gasteiger partial charge in [0.25, 0.3) is 0 Å². The van der Waals surface area contributed by atoms with Gasteiger partial charge in [0.2, 0.25) is 0 Å². The van der Waals surface area contributed by atoms with E-state index in [1.54, 1.807) is 18.2 Å². The summed E-state index contributed by atoms with van der Waals surface area (Å²) in [6, 6.07) is 5.10. The number of anilines is 1. The van der Waals surface area contributed by atoms with E-state index in [2.05, 4.69) is 0 Å². The number of nitrogen functional groups attached to an aromatic ring is 1. The zero-order valence-corrected chi connectivity index (χ0v) is 9.23. The third-order valence-corrected chi connectivity index (χ3v) is 2.79. The standard InChI is InChI=1S/C12H15NO3/c1-15-12(14)9-6-3-7-10(13)11(9)16-8-4-2-5-8/h3,6-8H,2,4-5,13H2,1H3. The van der Waals surface area contributed by atoms with Gasteiger partial charge in [-0.3, -0.25) is 0 Å². The molecule has 16 heavy (non-hydrogen) atoms. The van der Waals surface area contributed by atoms with E-state index in [1.807, 2.05) is 0 Å². The van der Waals surface area contributed by atoms with Crippen LogP contribution in [0.15, 0.2) is 18.2 Å². The molecule has 0 spiro atoms. The highest BCUT2D eigenvalue weighted by Gasteiger charge is 2.23. The van der Waals surface area contributed by atoms with Crippen molar-refractivity contribution in [2.24, 2.45) is 0 Å². The van der Waals surface area contributed by atoms with Crippen molar-refractivity contribution in [1.29, 1.82) is 0 Å². The van der Waals surface area contributed by atoms with Crippen molar-refractivity contribution in [2.75, 3.05) is 12.8 Å². The van der Waals surface area contributed by atoms with Gasteiger partial charge < -0.3 is 15.2 Å². The number of para-hydroxylation sites is 1. The van der Waals surface area contributed by atoms with Crippen LogP contribution in [0.25, 0.3) is 0 Å². The molecule has 4 nitrogen and oxygen atoms in total. The Labute approximate surface area is 94.3 Å². The first kappa shape index (κ1) is 10.8. The number of carbonyl (C=O) groups excluding carboxylic acids is 1. The summed E-state index contributed by atoms with van der Waals surface area (Å²) in [5.41, 5.74) is 6.69. The number of hydrogen-bond donors (Lipinski definition) is 1. The maximum absolute atomic E-state index is 11.5. The third kappa shape index (κ3) is 1.96. The van der Waals surface area contributed by atoms with Gasteiger partial charge in [0, 0.05) is 0 Å². The highest BCUT2D eigenvalue weighted by atomic mass is 16.5. The molecule has 0 heterocycles. The van der Waals surface area contributed by atoms with E-state index < -0.39 is 5.97 Å². The van der Waals surface area contributed by atoms with Gasteiger partial charge in [-0.2, -0.15) is 0 Å². The molecule has 86 valence electrons. The fourth-order valence-corrected chi connectivity index (χ4v) is 1.61. The first-order chi connectivity index (χ1) is 7.72. The van der Waals surface area contributed by atoms with E-state index in [1.165, 1.54) is 13.5 Å². The van der Waals surface area contributed by atoms with Gasteiger partial charge in [-0.1, -0.05) is 6.07 Å². The molecule has 1 fully saturated rings. The number of nitrogens with two attached hydrogens (primary N) is 1. The first-order valence-corrected chi connectivity index (χ1v) is 5.36. The largest absolute Gasteiger partial charge is 0.487 e. The van der Waals surface area contributed by atoms with E-state index in [0.717, 1.165) is 12.8 Å². The van der Waals surface area contributed by atoms with Crippen molar-refractivity contribution in [3.05, 3.63) is 23.8 Å². The average Bonchev–Trinajstić information content (AvgIpc) is 2.23. The predicted molar refractivity (Wildman–Crippen MR) is 60.5 cm³/mol. The number of esters is 1. The second-order valence-electron chi connectivity index (χ2n) is 3.89.